The second-order valence-corrected chi connectivity index (χ2v) is 2.47. The lowest BCUT2D eigenvalue weighted by molar-refractivity contribution is 1.30. The first-order valence-corrected chi connectivity index (χ1v) is 3.42. The van der Waals surface area contributed by atoms with Crippen molar-refractivity contribution in [3.8, 4) is 6.07 Å². The van der Waals surface area contributed by atoms with Crippen molar-refractivity contribution < 1.29 is 0 Å². The molecule has 1 aromatic rings. The van der Waals surface area contributed by atoms with Crippen molar-refractivity contribution in [3.63, 3.8) is 0 Å². The molecule has 11 heavy (non-hydrogen) atoms. The van der Waals surface area contributed by atoms with Crippen LogP contribution in [-0.4, -0.2) is 0 Å². The SMILES string of the molecule is N#Cc1ccc(NN)cc1S. The Kier molecular flexibility index (Phi) is 2.36. The molecule has 0 saturated heterocycles. The maximum absolute atomic E-state index is 8.53. The van der Waals surface area contributed by atoms with Gasteiger partial charge in [-0.2, -0.15) is 5.26 Å². The van der Waals surface area contributed by atoms with E-state index >= 15 is 0 Å². The van der Waals surface area contributed by atoms with Crippen LogP contribution < -0.4 is 11.3 Å². The molecule has 1 aromatic carbocycles. The van der Waals surface area contributed by atoms with E-state index in [0.29, 0.717) is 10.5 Å². The van der Waals surface area contributed by atoms with Crippen LogP contribution >= 0.6 is 12.6 Å². The van der Waals surface area contributed by atoms with E-state index in [4.69, 9.17) is 11.1 Å². The minimum atomic E-state index is 0.548. The Balaban J connectivity index is 3.12. The molecule has 0 aliphatic rings. The summed E-state index contributed by atoms with van der Waals surface area (Å²) in [5.74, 6) is 5.14. The summed E-state index contributed by atoms with van der Waals surface area (Å²) in [7, 11) is 0. The van der Waals surface area contributed by atoms with Crippen molar-refractivity contribution in [2.45, 2.75) is 4.90 Å². The van der Waals surface area contributed by atoms with Crippen molar-refractivity contribution in [1.82, 2.24) is 0 Å². The van der Waals surface area contributed by atoms with Gasteiger partial charge in [0.2, 0.25) is 0 Å². The summed E-state index contributed by atoms with van der Waals surface area (Å²) in [5, 5.41) is 8.53. The van der Waals surface area contributed by atoms with Gasteiger partial charge in [0.1, 0.15) is 6.07 Å². The van der Waals surface area contributed by atoms with Gasteiger partial charge in [-0.1, -0.05) is 0 Å². The summed E-state index contributed by atoms with van der Waals surface area (Å²) in [4.78, 5) is 0.628. The molecule has 0 radical (unpaired) electrons. The molecule has 56 valence electrons. The Labute approximate surface area is 70.2 Å². The summed E-state index contributed by atoms with van der Waals surface area (Å²) < 4.78 is 0. The lowest BCUT2D eigenvalue weighted by Gasteiger charge is -2.00. The van der Waals surface area contributed by atoms with E-state index in [1.807, 2.05) is 6.07 Å². The number of nitrogens with one attached hydrogen (secondary N) is 1. The number of benzene rings is 1. The van der Waals surface area contributed by atoms with Gasteiger partial charge in [0.05, 0.1) is 5.56 Å². The van der Waals surface area contributed by atoms with E-state index < -0.39 is 0 Å². The fourth-order valence-corrected chi connectivity index (χ4v) is 0.980. The molecule has 0 heterocycles. The average molecular weight is 165 g/mol. The van der Waals surface area contributed by atoms with Gasteiger partial charge in [0.25, 0.3) is 0 Å². The Morgan fingerprint density at radius 2 is 2.27 bits per heavy atom. The number of thiol groups is 1. The van der Waals surface area contributed by atoms with Crippen LogP contribution in [0.5, 0.6) is 0 Å². The molecule has 0 amide bonds. The van der Waals surface area contributed by atoms with Crippen LogP contribution in [0.15, 0.2) is 23.1 Å². The van der Waals surface area contributed by atoms with Crippen LogP contribution in [0.4, 0.5) is 5.69 Å². The number of rotatable bonds is 1. The number of nitrogen functional groups attached to an aromatic ring is 1. The molecule has 4 heteroatoms. The van der Waals surface area contributed by atoms with Crippen molar-refractivity contribution in [2.24, 2.45) is 5.84 Å². The van der Waals surface area contributed by atoms with Crippen LogP contribution in [0.1, 0.15) is 5.56 Å². The highest BCUT2D eigenvalue weighted by Gasteiger charge is 1.97. The fourth-order valence-electron chi connectivity index (χ4n) is 0.716. The molecule has 0 aliphatic carbocycles. The summed E-state index contributed by atoms with van der Waals surface area (Å²) in [6.07, 6.45) is 0. The van der Waals surface area contributed by atoms with Crippen LogP contribution in [0.25, 0.3) is 0 Å². The summed E-state index contributed by atoms with van der Waals surface area (Å²) >= 11 is 4.08. The van der Waals surface area contributed by atoms with Crippen LogP contribution in [0.2, 0.25) is 0 Å². The number of hydrogen-bond donors (Lipinski definition) is 3. The van der Waals surface area contributed by atoms with E-state index in [-0.39, 0.29) is 0 Å². The molecule has 0 saturated carbocycles. The molecule has 0 aromatic heterocycles. The van der Waals surface area contributed by atoms with Gasteiger partial charge in [-0.3, -0.25) is 5.84 Å². The van der Waals surface area contributed by atoms with Crippen LogP contribution in [0.3, 0.4) is 0 Å². The number of nitrogens with zero attached hydrogens (tertiary/aromatic N) is 1. The molecule has 0 fully saturated rings. The number of hydrazine groups is 1. The van der Waals surface area contributed by atoms with Crippen molar-refractivity contribution >= 4 is 18.3 Å². The average Bonchev–Trinajstić information content (AvgIpc) is 2.04. The molecular formula is C7H7N3S. The highest BCUT2D eigenvalue weighted by Crippen LogP contribution is 2.17. The molecule has 3 nitrogen and oxygen atoms in total. The number of nitriles is 1. The first-order chi connectivity index (χ1) is 5.27. The van der Waals surface area contributed by atoms with E-state index in [2.05, 4.69) is 18.1 Å². The standard InChI is InChI=1S/C7H7N3S/c8-4-5-1-2-6(10-9)3-7(5)11/h1-3,10-11H,9H2. The van der Waals surface area contributed by atoms with Crippen molar-refractivity contribution in [1.29, 1.82) is 5.26 Å². The first-order valence-electron chi connectivity index (χ1n) is 2.97. The van der Waals surface area contributed by atoms with Gasteiger partial charge >= 0.3 is 0 Å². The third-order valence-electron chi connectivity index (χ3n) is 1.28. The van der Waals surface area contributed by atoms with E-state index in [1.54, 1.807) is 18.2 Å². The van der Waals surface area contributed by atoms with Gasteiger partial charge in [-0.15, -0.1) is 12.6 Å². The normalized spacial score (nSPS) is 8.82. The molecule has 0 unspecified atom stereocenters. The zero-order chi connectivity index (χ0) is 8.27. The Morgan fingerprint density at radius 3 is 2.73 bits per heavy atom. The van der Waals surface area contributed by atoms with E-state index in [1.165, 1.54) is 0 Å². The third kappa shape index (κ3) is 1.64. The monoisotopic (exact) mass is 165 g/mol. The lowest BCUT2D eigenvalue weighted by Crippen LogP contribution is -2.06. The zero-order valence-electron chi connectivity index (χ0n) is 5.70. The predicted octanol–water partition coefficient (Wildman–Crippen LogP) is 1.13. The van der Waals surface area contributed by atoms with Gasteiger partial charge in [-0.25, -0.2) is 0 Å². The number of anilines is 1. The van der Waals surface area contributed by atoms with Crippen LogP contribution in [0, 0.1) is 11.3 Å². The van der Waals surface area contributed by atoms with Crippen molar-refractivity contribution in [3.05, 3.63) is 23.8 Å². The van der Waals surface area contributed by atoms with E-state index in [0.717, 1.165) is 5.69 Å². The zero-order valence-corrected chi connectivity index (χ0v) is 6.60. The second-order valence-electron chi connectivity index (χ2n) is 1.99. The highest BCUT2D eigenvalue weighted by atomic mass is 32.1. The van der Waals surface area contributed by atoms with E-state index in [9.17, 15) is 0 Å². The Hall–Kier alpha value is -1.18. The Morgan fingerprint density at radius 1 is 1.55 bits per heavy atom. The summed E-state index contributed by atoms with van der Waals surface area (Å²) in [6.45, 7) is 0. The predicted molar refractivity (Wildman–Crippen MR) is 46.2 cm³/mol. The van der Waals surface area contributed by atoms with Crippen molar-refractivity contribution in [2.75, 3.05) is 5.43 Å². The molecule has 3 N–H and O–H groups in total. The summed E-state index contributed by atoms with van der Waals surface area (Å²) in [6, 6.07) is 7.08. The molecule has 0 aliphatic heterocycles. The van der Waals surface area contributed by atoms with Gasteiger partial charge in [-0.05, 0) is 18.2 Å². The van der Waals surface area contributed by atoms with Crippen LogP contribution in [-0.2, 0) is 0 Å². The highest BCUT2D eigenvalue weighted by molar-refractivity contribution is 7.80. The number of nitrogens with two attached hydrogens (primary N) is 1. The Bertz CT molecular complexity index is 303. The van der Waals surface area contributed by atoms with Gasteiger partial charge in [0.15, 0.2) is 0 Å². The fraction of sp³-hybridized carbons (Fsp3) is 0. The smallest absolute Gasteiger partial charge is 0.100 e. The molecule has 0 bridgehead atoms. The number of hydrogen-bond acceptors (Lipinski definition) is 4. The first kappa shape index (κ1) is 7.92. The molecule has 0 atom stereocenters. The molecule has 0 spiro atoms. The summed E-state index contributed by atoms with van der Waals surface area (Å²) in [5.41, 5.74) is 3.75. The topological polar surface area (TPSA) is 61.8 Å². The third-order valence-corrected chi connectivity index (χ3v) is 1.65. The van der Waals surface area contributed by atoms with Gasteiger partial charge in [0, 0.05) is 10.6 Å². The van der Waals surface area contributed by atoms with Gasteiger partial charge < -0.3 is 5.43 Å². The maximum atomic E-state index is 8.53. The quantitative estimate of drug-likeness (QED) is 0.332. The minimum Gasteiger partial charge on any atom is -0.324 e. The largest absolute Gasteiger partial charge is 0.324 e. The molecule has 1 rings (SSSR count). The maximum Gasteiger partial charge on any atom is 0.100 e. The second kappa shape index (κ2) is 3.28. The minimum absolute atomic E-state index is 0.548. The molecular weight excluding hydrogens is 158 g/mol. The lowest BCUT2D eigenvalue weighted by atomic mass is 10.2.